The molecular weight excluding hydrogens is 246 g/mol. The van der Waals surface area contributed by atoms with Crippen LogP contribution >= 0.6 is 0 Å². The lowest BCUT2D eigenvalue weighted by molar-refractivity contribution is -0.00269. The van der Waals surface area contributed by atoms with Crippen LogP contribution in [0.5, 0.6) is 5.75 Å². The average Bonchev–Trinajstić information content (AvgIpc) is 2.34. The summed E-state index contributed by atoms with van der Waals surface area (Å²) < 4.78 is 28.9. The molecule has 1 rings (SSSR count). The Balaban J connectivity index is 2.67. The first-order chi connectivity index (χ1) is 8.45. The van der Waals surface area contributed by atoms with Gasteiger partial charge >= 0.3 is 0 Å². The van der Waals surface area contributed by atoms with Gasteiger partial charge in [0, 0.05) is 18.3 Å². The highest BCUT2D eigenvalue weighted by Crippen LogP contribution is 2.19. The zero-order valence-electron chi connectivity index (χ0n) is 9.69. The molecule has 1 amide bonds. The van der Waals surface area contributed by atoms with Crippen LogP contribution in [0.25, 0.3) is 0 Å². The van der Waals surface area contributed by atoms with Gasteiger partial charge in [0.1, 0.15) is 11.9 Å². The van der Waals surface area contributed by atoms with Gasteiger partial charge in [-0.05, 0) is 12.1 Å². The normalized spacial score (nSPS) is 12.3. The van der Waals surface area contributed by atoms with Gasteiger partial charge in [0.15, 0.2) is 0 Å². The molecule has 0 fully saturated rings. The molecule has 1 unspecified atom stereocenters. The van der Waals surface area contributed by atoms with E-state index in [1.165, 1.54) is 25.3 Å². The highest BCUT2D eigenvalue weighted by molar-refractivity contribution is 5.99. The molecular formula is C11H14F2N2O3. The van der Waals surface area contributed by atoms with E-state index in [-0.39, 0.29) is 11.3 Å². The van der Waals surface area contributed by atoms with E-state index in [1.54, 1.807) is 0 Å². The van der Waals surface area contributed by atoms with Gasteiger partial charge in [0.25, 0.3) is 12.3 Å². The molecule has 5 nitrogen and oxygen atoms in total. The first-order valence-electron chi connectivity index (χ1n) is 5.13. The van der Waals surface area contributed by atoms with Crippen molar-refractivity contribution >= 4 is 11.6 Å². The summed E-state index contributed by atoms with van der Waals surface area (Å²) in [5.41, 5.74) is 5.91. The minimum Gasteiger partial charge on any atom is -0.497 e. The van der Waals surface area contributed by atoms with Crippen molar-refractivity contribution in [3.05, 3.63) is 23.8 Å². The number of aliphatic hydroxyl groups excluding tert-OH is 1. The third-order valence-corrected chi connectivity index (χ3v) is 2.27. The van der Waals surface area contributed by atoms with Crippen LogP contribution in [0.15, 0.2) is 18.2 Å². The van der Waals surface area contributed by atoms with Crippen molar-refractivity contribution in [1.29, 1.82) is 0 Å². The number of hydrogen-bond donors (Lipinski definition) is 3. The Hall–Kier alpha value is -1.89. The third kappa shape index (κ3) is 3.56. The molecule has 0 aliphatic rings. The largest absolute Gasteiger partial charge is 0.497 e. The van der Waals surface area contributed by atoms with Crippen LogP contribution < -0.4 is 15.8 Å². The second-order valence-electron chi connectivity index (χ2n) is 3.57. The van der Waals surface area contributed by atoms with Crippen molar-refractivity contribution in [1.82, 2.24) is 5.32 Å². The van der Waals surface area contributed by atoms with Crippen LogP contribution in [0.4, 0.5) is 14.5 Å². The Labute approximate surface area is 103 Å². The lowest BCUT2D eigenvalue weighted by atomic mass is 10.1. The Morgan fingerprint density at radius 1 is 1.56 bits per heavy atom. The van der Waals surface area contributed by atoms with E-state index in [1.807, 2.05) is 0 Å². The van der Waals surface area contributed by atoms with Crippen molar-refractivity contribution < 1.29 is 23.4 Å². The summed E-state index contributed by atoms with van der Waals surface area (Å²) in [4.78, 5) is 11.6. The molecule has 1 atom stereocenters. The van der Waals surface area contributed by atoms with Gasteiger partial charge in [0.2, 0.25) is 0 Å². The monoisotopic (exact) mass is 260 g/mol. The highest BCUT2D eigenvalue weighted by Gasteiger charge is 2.18. The van der Waals surface area contributed by atoms with E-state index in [4.69, 9.17) is 15.6 Å². The van der Waals surface area contributed by atoms with Crippen LogP contribution in [0, 0.1) is 0 Å². The maximum atomic E-state index is 12.0. The minimum absolute atomic E-state index is 0.136. The number of nitrogen functional groups attached to an aromatic ring is 1. The predicted molar refractivity (Wildman–Crippen MR) is 61.8 cm³/mol. The molecule has 18 heavy (non-hydrogen) atoms. The van der Waals surface area contributed by atoms with Gasteiger partial charge in [-0.1, -0.05) is 0 Å². The van der Waals surface area contributed by atoms with Crippen molar-refractivity contribution in [2.45, 2.75) is 12.5 Å². The fourth-order valence-corrected chi connectivity index (χ4v) is 1.26. The van der Waals surface area contributed by atoms with E-state index >= 15 is 0 Å². The molecule has 1 aromatic rings. The van der Waals surface area contributed by atoms with E-state index in [0.717, 1.165) is 0 Å². The van der Waals surface area contributed by atoms with Crippen LogP contribution in [0.3, 0.4) is 0 Å². The van der Waals surface area contributed by atoms with Crippen LogP contribution in [0.1, 0.15) is 10.4 Å². The molecule has 0 saturated carbocycles. The molecule has 0 aliphatic carbocycles. The first-order valence-corrected chi connectivity index (χ1v) is 5.13. The number of alkyl halides is 2. The molecule has 0 heterocycles. The summed E-state index contributed by atoms with van der Waals surface area (Å²) in [6.07, 6.45) is -4.80. The molecule has 100 valence electrons. The maximum absolute atomic E-state index is 12.0. The van der Waals surface area contributed by atoms with Crippen LogP contribution in [-0.2, 0) is 0 Å². The number of methoxy groups -OCH3 is 1. The number of carbonyl (C=O) groups excluding carboxylic acids is 1. The smallest absolute Gasteiger partial charge is 0.265 e. The van der Waals surface area contributed by atoms with E-state index in [9.17, 15) is 13.6 Å². The number of nitrogens with two attached hydrogens (primary N) is 1. The Bertz CT molecular complexity index is 427. The van der Waals surface area contributed by atoms with Crippen molar-refractivity contribution in [2.75, 3.05) is 19.4 Å². The molecule has 0 aliphatic heterocycles. The van der Waals surface area contributed by atoms with Gasteiger partial charge in [-0.15, -0.1) is 0 Å². The molecule has 4 N–H and O–H groups in total. The first kappa shape index (κ1) is 14.2. The number of nitrogens with one attached hydrogen (secondary N) is 1. The predicted octanol–water partition coefficient (Wildman–Crippen LogP) is 0.633. The summed E-state index contributed by atoms with van der Waals surface area (Å²) in [6.45, 7) is -0.540. The van der Waals surface area contributed by atoms with Gasteiger partial charge in [-0.25, -0.2) is 8.78 Å². The van der Waals surface area contributed by atoms with E-state index in [0.29, 0.717) is 5.75 Å². The number of rotatable bonds is 5. The second-order valence-corrected chi connectivity index (χ2v) is 3.57. The third-order valence-electron chi connectivity index (χ3n) is 2.27. The SMILES string of the molecule is COc1ccc(C(=O)NCC(O)C(F)F)c(N)c1. The average molecular weight is 260 g/mol. The summed E-state index contributed by atoms with van der Waals surface area (Å²) in [7, 11) is 1.45. The second kappa shape index (κ2) is 6.15. The molecule has 0 aromatic heterocycles. The van der Waals surface area contributed by atoms with E-state index in [2.05, 4.69) is 5.32 Å². The minimum atomic E-state index is -2.90. The zero-order valence-corrected chi connectivity index (χ0v) is 9.69. The zero-order chi connectivity index (χ0) is 13.7. The number of hydrogen-bond acceptors (Lipinski definition) is 4. The molecule has 1 aromatic carbocycles. The molecule has 0 radical (unpaired) electrons. The number of amides is 1. The lowest BCUT2D eigenvalue weighted by Crippen LogP contribution is -2.36. The molecule has 0 bridgehead atoms. The number of anilines is 1. The Morgan fingerprint density at radius 3 is 2.72 bits per heavy atom. The number of aliphatic hydroxyl groups is 1. The lowest BCUT2D eigenvalue weighted by Gasteiger charge is -2.12. The summed E-state index contributed by atoms with van der Waals surface area (Å²) in [5.74, 6) is -0.147. The summed E-state index contributed by atoms with van der Waals surface area (Å²) >= 11 is 0. The fraction of sp³-hybridized carbons (Fsp3) is 0.364. The van der Waals surface area contributed by atoms with Gasteiger partial charge < -0.3 is 20.9 Å². The van der Waals surface area contributed by atoms with E-state index < -0.39 is 25.0 Å². The standard InChI is InChI=1S/C11H14F2N2O3/c1-18-6-2-3-7(8(14)4-6)11(17)15-5-9(16)10(12)13/h2-4,9-10,16H,5,14H2,1H3,(H,15,17). The van der Waals surface area contributed by atoms with Crippen LogP contribution in [-0.4, -0.2) is 37.2 Å². The van der Waals surface area contributed by atoms with Gasteiger partial charge in [-0.3, -0.25) is 4.79 Å². The molecule has 0 saturated heterocycles. The Morgan fingerprint density at radius 2 is 2.22 bits per heavy atom. The molecule has 7 heteroatoms. The Kier molecular flexibility index (Phi) is 4.85. The molecule has 0 spiro atoms. The number of halogens is 2. The fourth-order valence-electron chi connectivity index (χ4n) is 1.26. The van der Waals surface area contributed by atoms with Crippen molar-refractivity contribution in [3.8, 4) is 5.75 Å². The highest BCUT2D eigenvalue weighted by atomic mass is 19.3. The summed E-state index contributed by atoms with van der Waals surface area (Å²) in [5, 5.41) is 11.0. The van der Waals surface area contributed by atoms with Crippen molar-refractivity contribution in [3.63, 3.8) is 0 Å². The van der Waals surface area contributed by atoms with Crippen LogP contribution in [0.2, 0.25) is 0 Å². The van der Waals surface area contributed by atoms with Gasteiger partial charge in [0.05, 0.1) is 12.7 Å². The summed E-state index contributed by atoms with van der Waals surface area (Å²) in [6, 6.07) is 4.38. The number of carbonyl (C=O) groups is 1. The maximum Gasteiger partial charge on any atom is 0.265 e. The number of ether oxygens (including phenoxy) is 1. The number of benzene rings is 1. The van der Waals surface area contributed by atoms with Crippen molar-refractivity contribution in [2.24, 2.45) is 0 Å². The van der Waals surface area contributed by atoms with Gasteiger partial charge in [-0.2, -0.15) is 0 Å². The topological polar surface area (TPSA) is 84.6 Å². The quantitative estimate of drug-likeness (QED) is 0.678.